The molecule has 3 fully saturated rings. The van der Waals surface area contributed by atoms with Crippen LogP contribution in [-0.4, -0.2) is 56.8 Å². The first-order valence-electron chi connectivity index (χ1n) is 12.5. The summed E-state index contributed by atoms with van der Waals surface area (Å²) in [6, 6.07) is 6.89. The summed E-state index contributed by atoms with van der Waals surface area (Å²) in [4.78, 5) is 16.8. The molecule has 1 aliphatic heterocycles. The molecular weight excluding hydrogens is 512 g/mol. The predicted octanol–water partition coefficient (Wildman–Crippen LogP) is 5.06. The number of amides is 1. The normalized spacial score (nSPS) is 19.4. The van der Waals surface area contributed by atoms with Gasteiger partial charge in [-0.1, -0.05) is 0 Å². The number of carbonyl (C=O) groups excluding carboxylic acids is 1. The van der Waals surface area contributed by atoms with Crippen LogP contribution in [-0.2, 0) is 16.0 Å². The SMILES string of the molecule is O=C(c1cc(S(=O)(=O)C2CC2)ccc1OC1CCCC1)N1CCN(c2ccc(C(F)(F)F)cc2F)CC1. The van der Waals surface area contributed by atoms with Crippen LogP contribution in [0, 0.1) is 5.82 Å². The maximum Gasteiger partial charge on any atom is 0.416 e. The standard InChI is InChI=1S/C26H28F4N2O4S/c27-22-15-17(26(28,29)30)5-9-23(22)31-11-13-32(14-12-31)25(33)21-16-20(37(34,35)19-6-7-19)8-10-24(21)36-18-3-1-2-4-18/h5,8-10,15-16,18-19H,1-4,6-7,11-14H2. The molecule has 0 N–H and O–H groups in total. The van der Waals surface area contributed by atoms with E-state index in [1.165, 1.54) is 12.1 Å². The Balaban J connectivity index is 1.34. The molecule has 2 aromatic rings. The second-order valence-electron chi connectivity index (χ2n) is 9.87. The van der Waals surface area contributed by atoms with Crippen LogP contribution in [0.1, 0.15) is 54.4 Å². The lowest BCUT2D eigenvalue weighted by molar-refractivity contribution is -0.137. The average molecular weight is 541 g/mol. The molecule has 1 heterocycles. The largest absolute Gasteiger partial charge is 0.490 e. The van der Waals surface area contributed by atoms with Gasteiger partial charge in [-0.25, -0.2) is 12.8 Å². The van der Waals surface area contributed by atoms with Crippen molar-refractivity contribution in [1.29, 1.82) is 0 Å². The van der Waals surface area contributed by atoms with Gasteiger partial charge in [-0.05, 0) is 74.9 Å². The van der Waals surface area contributed by atoms with Gasteiger partial charge >= 0.3 is 6.18 Å². The van der Waals surface area contributed by atoms with Crippen molar-refractivity contribution in [2.75, 3.05) is 31.1 Å². The summed E-state index contributed by atoms with van der Waals surface area (Å²) in [6.07, 6.45) is 0.347. The Bertz CT molecular complexity index is 1280. The Morgan fingerprint density at radius 1 is 0.919 bits per heavy atom. The molecule has 0 radical (unpaired) electrons. The van der Waals surface area contributed by atoms with Gasteiger partial charge < -0.3 is 14.5 Å². The quantitative estimate of drug-likeness (QED) is 0.479. The van der Waals surface area contributed by atoms with Gasteiger partial charge in [0, 0.05) is 26.2 Å². The monoisotopic (exact) mass is 540 g/mol. The van der Waals surface area contributed by atoms with Crippen molar-refractivity contribution in [3.05, 3.63) is 53.3 Å². The number of ether oxygens (including phenoxy) is 1. The second-order valence-corrected chi connectivity index (χ2v) is 12.1. The third kappa shape index (κ3) is 5.42. The predicted molar refractivity (Wildman–Crippen MR) is 129 cm³/mol. The van der Waals surface area contributed by atoms with Gasteiger partial charge in [-0.3, -0.25) is 4.79 Å². The topological polar surface area (TPSA) is 66.9 Å². The molecule has 0 unspecified atom stereocenters. The first-order chi connectivity index (χ1) is 17.5. The van der Waals surface area contributed by atoms with Crippen molar-refractivity contribution < 1.29 is 35.5 Å². The van der Waals surface area contributed by atoms with Crippen LogP contribution < -0.4 is 9.64 Å². The highest BCUT2D eigenvalue weighted by atomic mass is 32.2. The van der Waals surface area contributed by atoms with Gasteiger partial charge in [-0.15, -0.1) is 0 Å². The van der Waals surface area contributed by atoms with Crippen molar-refractivity contribution in [2.45, 2.75) is 61.0 Å². The Labute approximate surface area is 213 Å². The minimum atomic E-state index is -4.63. The molecule has 1 amide bonds. The molecule has 2 aliphatic carbocycles. The number of rotatable bonds is 6. The molecule has 0 bridgehead atoms. The van der Waals surface area contributed by atoms with E-state index < -0.39 is 32.6 Å². The molecule has 2 aromatic carbocycles. The Kier molecular flexibility index (Phi) is 6.84. The van der Waals surface area contributed by atoms with E-state index in [4.69, 9.17) is 4.74 Å². The van der Waals surface area contributed by atoms with Crippen molar-refractivity contribution in [1.82, 2.24) is 4.90 Å². The summed E-state index contributed by atoms with van der Waals surface area (Å²) >= 11 is 0. The zero-order valence-electron chi connectivity index (χ0n) is 20.1. The molecule has 0 spiro atoms. The van der Waals surface area contributed by atoms with Crippen LogP contribution in [0.15, 0.2) is 41.3 Å². The van der Waals surface area contributed by atoms with Gasteiger partial charge in [0.1, 0.15) is 11.6 Å². The number of piperazine rings is 1. The van der Waals surface area contributed by atoms with Gasteiger partial charge in [-0.2, -0.15) is 13.2 Å². The van der Waals surface area contributed by atoms with Crippen molar-refractivity contribution in [3.63, 3.8) is 0 Å². The highest BCUT2D eigenvalue weighted by Crippen LogP contribution is 2.37. The van der Waals surface area contributed by atoms with Gasteiger partial charge in [0.25, 0.3) is 5.91 Å². The zero-order valence-corrected chi connectivity index (χ0v) is 21.0. The fourth-order valence-electron chi connectivity index (χ4n) is 4.97. The van der Waals surface area contributed by atoms with Crippen LogP contribution >= 0.6 is 0 Å². The highest BCUT2D eigenvalue weighted by molar-refractivity contribution is 7.92. The van der Waals surface area contributed by atoms with E-state index in [0.29, 0.717) is 24.7 Å². The fourth-order valence-corrected chi connectivity index (χ4v) is 6.65. The fraction of sp³-hybridized carbons (Fsp3) is 0.500. The zero-order chi connectivity index (χ0) is 26.4. The summed E-state index contributed by atoms with van der Waals surface area (Å²) in [5.74, 6) is -1.00. The second kappa shape index (κ2) is 9.81. The number of halogens is 4. The van der Waals surface area contributed by atoms with E-state index in [0.717, 1.165) is 37.8 Å². The van der Waals surface area contributed by atoms with Crippen LogP contribution in [0.5, 0.6) is 5.75 Å². The first-order valence-corrected chi connectivity index (χ1v) is 14.0. The van der Waals surface area contributed by atoms with Gasteiger partial charge in [0.05, 0.1) is 33.1 Å². The number of carbonyl (C=O) groups is 1. The van der Waals surface area contributed by atoms with E-state index in [1.54, 1.807) is 15.9 Å². The third-order valence-corrected chi connectivity index (χ3v) is 9.51. The maximum atomic E-state index is 14.5. The van der Waals surface area contributed by atoms with Crippen molar-refractivity contribution in [2.24, 2.45) is 0 Å². The molecule has 3 aliphatic rings. The van der Waals surface area contributed by atoms with Crippen LogP contribution in [0.2, 0.25) is 0 Å². The van der Waals surface area contributed by atoms with Gasteiger partial charge in [0.15, 0.2) is 9.84 Å². The average Bonchev–Trinajstić information content (AvgIpc) is 3.61. The first kappa shape index (κ1) is 25.8. The molecule has 6 nitrogen and oxygen atoms in total. The van der Waals surface area contributed by atoms with Crippen molar-refractivity contribution in [3.8, 4) is 5.75 Å². The molecule has 200 valence electrons. The Morgan fingerprint density at radius 2 is 1.59 bits per heavy atom. The van der Waals surface area contributed by atoms with E-state index in [1.807, 2.05) is 0 Å². The van der Waals surface area contributed by atoms with Gasteiger partial charge in [0.2, 0.25) is 0 Å². The maximum absolute atomic E-state index is 14.5. The minimum Gasteiger partial charge on any atom is -0.490 e. The number of nitrogens with zero attached hydrogens (tertiary/aromatic N) is 2. The third-order valence-electron chi connectivity index (χ3n) is 7.25. The summed E-state index contributed by atoms with van der Waals surface area (Å²) in [7, 11) is -3.52. The summed E-state index contributed by atoms with van der Waals surface area (Å²) < 4.78 is 84.9. The number of hydrogen-bond acceptors (Lipinski definition) is 5. The Morgan fingerprint density at radius 3 is 2.19 bits per heavy atom. The molecule has 0 atom stereocenters. The lowest BCUT2D eigenvalue weighted by atomic mass is 10.1. The number of anilines is 1. The van der Waals surface area contributed by atoms with Crippen LogP contribution in [0.25, 0.3) is 0 Å². The van der Waals surface area contributed by atoms with E-state index in [9.17, 15) is 30.8 Å². The minimum absolute atomic E-state index is 0.0306. The van der Waals surface area contributed by atoms with Crippen molar-refractivity contribution >= 4 is 21.4 Å². The summed E-state index contributed by atoms with van der Waals surface area (Å²) in [5, 5.41) is -0.417. The number of benzene rings is 2. The van der Waals surface area contributed by atoms with Crippen LogP contribution in [0.3, 0.4) is 0 Å². The lowest BCUT2D eigenvalue weighted by Crippen LogP contribution is -2.49. The molecule has 1 saturated heterocycles. The molecule has 0 aromatic heterocycles. The Hall–Kier alpha value is -2.82. The van der Waals surface area contributed by atoms with Crippen LogP contribution in [0.4, 0.5) is 23.2 Å². The summed E-state index contributed by atoms with van der Waals surface area (Å²) in [5.41, 5.74) is -0.830. The smallest absolute Gasteiger partial charge is 0.416 e. The molecule has 5 rings (SSSR count). The molecule has 11 heteroatoms. The molecule has 2 saturated carbocycles. The molecule has 37 heavy (non-hydrogen) atoms. The van der Waals surface area contributed by atoms with E-state index >= 15 is 0 Å². The number of sulfone groups is 1. The van der Waals surface area contributed by atoms with E-state index in [-0.39, 0.29) is 54.3 Å². The highest BCUT2D eigenvalue weighted by Gasteiger charge is 2.38. The lowest BCUT2D eigenvalue weighted by Gasteiger charge is -2.36. The number of hydrogen-bond donors (Lipinski definition) is 0. The summed E-state index contributed by atoms with van der Waals surface area (Å²) in [6.45, 7) is 0.823. The number of alkyl halides is 3. The molecular formula is C26H28F4N2O4S. The van der Waals surface area contributed by atoms with E-state index in [2.05, 4.69) is 0 Å².